The largest absolute Gasteiger partial charge is 0.478 e. The lowest BCUT2D eigenvalue weighted by Crippen LogP contribution is -2.26. The molecule has 0 spiro atoms. The van der Waals surface area contributed by atoms with Crippen LogP contribution in [0.4, 0.5) is 5.82 Å². The highest BCUT2D eigenvalue weighted by molar-refractivity contribution is 7.15. The van der Waals surface area contributed by atoms with Gasteiger partial charge < -0.3 is 14.7 Å². The number of ether oxygens (including phenoxy) is 1. The van der Waals surface area contributed by atoms with Gasteiger partial charge in [0.25, 0.3) is 0 Å². The monoisotopic (exact) mass is 293 g/mol. The first-order valence-electron chi connectivity index (χ1n) is 6.45. The number of aliphatic carboxylic acids is 1. The molecule has 6 nitrogen and oxygen atoms in total. The summed E-state index contributed by atoms with van der Waals surface area (Å²) in [6.07, 6.45) is 5.62. The van der Waals surface area contributed by atoms with Gasteiger partial charge in [0.05, 0.1) is 12.3 Å². The molecule has 7 heteroatoms. The summed E-state index contributed by atoms with van der Waals surface area (Å²) in [5.41, 5.74) is 0.811. The molecule has 1 fully saturated rings. The average Bonchev–Trinajstić information content (AvgIpc) is 2.88. The zero-order chi connectivity index (χ0) is 13.9. The second kappa shape index (κ2) is 5.64. The van der Waals surface area contributed by atoms with Crippen LogP contribution in [0.1, 0.15) is 12.1 Å². The molecular weight excluding hydrogens is 278 g/mol. The number of hydrogen-bond donors (Lipinski definition) is 1. The maximum Gasteiger partial charge on any atom is 0.328 e. The van der Waals surface area contributed by atoms with Crippen LogP contribution in [-0.4, -0.2) is 46.8 Å². The van der Waals surface area contributed by atoms with E-state index in [1.54, 1.807) is 6.08 Å². The molecule has 1 aliphatic rings. The molecule has 0 radical (unpaired) electrons. The smallest absolute Gasteiger partial charge is 0.328 e. The molecule has 0 atom stereocenters. The maximum atomic E-state index is 10.8. The fraction of sp³-hybridized carbons (Fsp3) is 0.385. The van der Waals surface area contributed by atoms with E-state index in [0.717, 1.165) is 48.7 Å². The summed E-state index contributed by atoms with van der Waals surface area (Å²) < 4.78 is 7.38. The number of fused-ring (bicyclic) bond motifs is 1. The lowest BCUT2D eigenvalue weighted by molar-refractivity contribution is -0.131. The number of thiazole rings is 1. The van der Waals surface area contributed by atoms with E-state index >= 15 is 0 Å². The molecule has 0 aromatic carbocycles. The first-order valence-corrected chi connectivity index (χ1v) is 7.33. The van der Waals surface area contributed by atoms with Gasteiger partial charge >= 0.3 is 5.97 Å². The van der Waals surface area contributed by atoms with E-state index in [9.17, 15) is 4.79 Å². The van der Waals surface area contributed by atoms with E-state index in [1.807, 2.05) is 16.0 Å². The molecular formula is C13H15N3O3S. The number of imidazole rings is 1. The van der Waals surface area contributed by atoms with E-state index in [0.29, 0.717) is 6.61 Å². The van der Waals surface area contributed by atoms with Gasteiger partial charge in [-0.15, -0.1) is 11.3 Å². The van der Waals surface area contributed by atoms with Gasteiger partial charge in [0.1, 0.15) is 0 Å². The Morgan fingerprint density at radius 1 is 1.45 bits per heavy atom. The van der Waals surface area contributed by atoms with Crippen LogP contribution in [0.3, 0.4) is 0 Å². The third-order valence-electron chi connectivity index (χ3n) is 3.19. The minimum Gasteiger partial charge on any atom is -0.478 e. The van der Waals surface area contributed by atoms with Crippen LogP contribution in [-0.2, 0) is 9.53 Å². The van der Waals surface area contributed by atoms with Gasteiger partial charge in [-0.3, -0.25) is 4.40 Å². The first-order chi connectivity index (χ1) is 9.75. The minimum absolute atomic E-state index is 0.674. The van der Waals surface area contributed by atoms with Gasteiger partial charge in [-0.1, -0.05) is 0 Å². The molecule has 0 saturated carbocycles. The molecule has 2 aromatic heterocycles. The van der Waals surface area contributed by atoms with Crippen LogP contribution in [0.25, 0.3) is 11.0 Å². The van der Waals surface area contributed by atoms with Crippen molar-refractivity contribution in [1.29, 1.82) is 0 Å². The van der Waals surface area contributed by atoms with E-state index in [-0.39, 0.29) is 0 Å². The van der Waals surface area contributed by atoms with Gasteiger partial charge in [0.15, 0.2) is 10.8 Å². The van der Waals surface area contributed by atoms with Crippen LogP contribution in [0.2, 0.25) is 0 Å². The third-order valence-corrected chi connectivity index (χ3v) is 3.94. The van der Waals surface area contributed by atoms with Gasteiger partial charge in [-0.2, -0.15) is 0 Å². The Labute approximate surface area is 119 Å². The average molecular weight is 293 g/mol. The Morgan fingerprint density at radius 3 is 3.20 bits per heavy atom. The normalized spacial score (nSPS) is 16.9. The topological polar surface area (TPSA) is 67.1 Å². The van der Waals surface area contributed by atoms with Crippen molar-refractivity contribution in [2.24, 2.45) is 0 Å². The standard InChI is InChI=1S/C13H15N3O3S/c17-11(18)3-2-10-12(14-13-16(10)6-9-20-13)15-4-1-7-19-8-5-15/h2-3,6,9H,1,4-5,7-8H2,(H,17,18). The van der Waals surface area contributed by atoms with Gasteiger partial charge in [0.2, 0.25) is 0 Å². The van der Waals surface area contributed by atoms with Crippen molar-refractivity contribution >= 4 is 34.2 Å². The fourth-order valence-electron chi connectivity index (χ4n) is 2.29. The van der Waals surface area contributed by atoms with Crippen LogP contribution in [0.5, 0.6) is 0 Å². The predicted molar refractivity (Wildman–Crippen MR) is 77.4 cm³/mol. The molecule has 106 valence electrons. The number of carboxylic acid groups (broad SMARTS) is 1. The van der Waals surface area contributed by atoms with Gasteiger partial charge in [-0.25, -0.2) is 9.78 Å². The molecule has 0 unspecified atom stereocenters. The fourth-order valence-corrected chi connectivity index (χ4v) is 3.00. The first kappa shape index (κ1) is 13.1. The minimum atomic E-state index is -0.958. The Hall–Kier alpha value is -1.86. The molecule has 0 aliphatic carbocycles. The van der Waals surface area contributed by atoms with Gasteiger partial charge in [-0.05, 0) is 12.5 Å². The molecule has 3 heterocycles. The third kappa shape index (κ3) is 2.54. The number of hydrogen-bond acceptors (Lipinski definition) is 5. The van der Waals surface area contributed by atoms with Crippen LogP contribution in [0, 0.1) is 0 Å². The summed E-state index contributed by atoms with van der Waals surface area (Å²) in [7, 11) is 0. The molecule has 0 bridgehead atoms. The van der Waals surface area contributed by atoms with Crippen molar-refractivity contribution in [3.63, 3.8) is 0 Å². The summed E-state index contributed by atoms with van der Waals surface area (Å²) in [6, 6.07) is 0. The van der Waals surface area contributed by atoms with E-state index in [4.69, 9.17) is 9.84 Å². The zero-order valence-electron chi connectivity index (χ0n) is 10.9. The lowest BCUT2D eigenvalue weighted by Gasteiger charge is -2.19. The van der Waals surface area contributed by atoms with Crippen molar-refractivity contribution in [1.82, 2.24) is 9.38 Å². The summed E-state index contributed by atoms with van der Waals surface area (Å²) in [5, 5.41) is 10.8. The Bertz CT molecular complexity index is 638. The quantitative estimate of drug-likeness (QED) is 0.873. The molecule has 1 saturated heterocycles. The van der Waals surface area contributed by atoms with Crippen molar-refractivity contribution in [3.8, 4) is 0 Å². The van der Waals surface area contributed by atoms with Crippen LogP contribution < -0.4 is 4.90 Å². The second-order valence-electron chi connectivity index (χ2n) is 4.50. The molecule has 0 amide bonds. The van der Waals surface area contributed by atoms with Gasteiger partial charge in [0, 0.05) is 37.3 Å². The number of anilines is 1. The van der Waals surface area contributed by atoms with Crippen molar-refractivity contribution < 1.29 is 14.6 Å². The second-order valence-corrected chi connectivity index (χ2v) is 5.37. The van der Waals surface area contributed by atoms with Crippen LogP contribution in [0.15, 0.2) is 17.7 Å². The SMILES string of the molecule is O=C(O)C=Cc1c(N2CCCOCC2)nc2sccn12. The number of rotatable bonds is 3. The summed E-state index contributed by atoms with van der Waals surface area (Å²) >= 11 is 1.54. The van der Waals surface area contributed by atoms with E-state index in [2.05, 4.69) is 9.88 Å². The highest BCUT2D eigenvalue weighted by atomic mass is 32.1. The summed E-state index contributed by atoms with van der Waals surface area (Å²) in [6.45, 7) is 3.09. The zero-order valence-corrected chi connectivity index (χ0v) is 11.7. The lowest BCUT2D eigenvalue weighted by atomic mass is 10.3. The van der Waals surface area contributed by atoms with E-state index < -0.39 is 5.97 Å². The van der Waals surface area contributed by atoms with Crippen molar-refractivity contribution in [3.05, 3.63) is 23.3 Å². The van der Waals surface area contributed by atoms with Crippen molar-refractivity contribution in [2.75, 3.05) is 31.2 Å². The number of aromatic nitrogens is 2. The number of nitrogens with zero attached hydrogens (tertiary/aromatic N) is 3. The number of carbonyl (C=O) groups is 1. The Kier molecular flexibility index (Phi) is 3.70. The molecule has 3 rings (SSSR count). The summed E-state index contributed by atoms with van der Waals surface area (Å²) in [4.78, 5) is 18.4. The highest BCUT2D eigenvalue weighted by Crippen LogP contribution is 2.26. The number of carboxylic acids is 1. The molecule has 1 aliphatic heterocycles. The highest BCUT2D eigenvalue weighted by Gasteiger charge is 2.18. The molecule has 1 N–H and O–H groups in total. The Morgan fingerprint density at radius 2 is 2.35 bits per heavy atom. The molecule has 2 aromatic rings. The maximum absolute atomic E-state index is 10.8. The summed E-state index contributed by atoms with van der Waals surface area (Å²) in [5.74, 6) is -0.125. The predicted octanol–water partition coefficient (Wildman–Crippen LogP) is 1.72. The molecule has 20 heavy (non-hydrogen) atoms. The van der Waals surface area contributed by atoms with E-state index in [1.165, 1.54) is 11.3 Å². The van der Waals surface area contributed by atoms with Crippen molar-refractivity contribution in [2.45, 2.75) is 6.42 Å². The Balaban J connectivity index is 2.01. The van der Waals surface area contributed by atoms with Crippen LogP contribution >= 0.6 is 11.3 Å².